The minimum absolute atomic E-state index is 0.0245. The number of nitrogens with zero attached hydrogens (tertiary/aromatic N) is 1. The van der Waals surface area contributed by atoms with Gasteiger partial charge in [0.2, 0.25) is 0 Å². The number of anilines is 1. The maximum Gasteiger partial charge on any atom is 0.136 e. The van der Waals surface area contributed by atoms with Crippen molar-refractivity contribution in [2.75, 3.05) is 5.32 Å². The van der Waals surface area contributed by atoms with E-state index in [1.165, 1.54) is 27.1 Å². The molecule has 2 aromatic heterocycles. The fourth-order valence-electron chi connectivity index (χ4n) is 7.32. The smallest absolute Gasteiger partial charge is 0.136 e. The lowest BCUT2D eigenvalue weighted by Gasteiger charge is -2.25. The number of furan rings is 1. The van der Waals surface area contributed by atoms with E-state index >= 15 is 0 Å². The summed E-state index contributed by atoms with van der Waals surface area (Å²) in [5.41, 5.74) is 10.6. The molecule has 0 spiro atoms. The first kappa shape index (κ1) is 26.1. The summed E-state index contributed by atoms with van der Waals surface area (Å²) in [6.07, 6.45) is 4.51. The molecule has 1 aliphatic heterocycles. The molecule has 3 nitrogen and oxygen atoms in total. The molecule has 1 N–H and O–H groups in total. The molecule has 0 aliphatic carbocycles. The highest BCUT2D eigenvalue weighted by Gasteiger charge is 2.21. The molecule has 3 heterocycles. The lowest BCUT2D eigenvalue weighted by atomic mass is 9.91. The Hall–Kier alpha value is -6.19. The van der Waals surface area contributed by atoms with Crippen LogP contribution in [0.4, 0.5) is 5.69 Å². The van der Waals surface area contributed by atoms with Crippen molar-refractivity contribution in [2.24, 2.45) is 0 Å². The van der Waals surface area contributed by atoms with Crippen molar-refractivity contribution in [3.63, 3.8) is 0 Å². The van der Waals surface area contributed by atoms with Crippen molar-refractivity contribution in [3.05, 3.63) is 163 Å². The Bertz CT molecular complexity index is 2720. The zero-order chi connectivity index (χ0) is 30.9. The Morgan fingerprint density at radius 1 is 0.511 bits per heavy atom. The Morgan fingerprint density at radius 3 is 2.11 bits per heavy atom. The summed E-state index contributed by atoms with van der Waals surface area (Å²) in [6.45, 7) is 0. The molecular formula is C44H28N2O. The number of fused-ring (bicyclic) bond motifs is 9. The van der Waals surface area contributed by atoms with Crippen molar-refractivity contribution >= 4 is 66.1 Å². The van der Waals surface area contributed by atoms with Gasteiger partial charge in [0.1, 0.15) is 11.2 Å². The van der Waals surface area contributed by atoms with Crippen LogP contribution < -0.4 is 5.32 Å². The van der Waals surface area contributed by atoms with E-state index in [4.69, 9.17) is 9.40 Å². The number of aromatic nitrogens is 1. The second kappa shape index (κ2) is 10.2. The van der Waals surface area contributed by atoms with E-state index in [-0.39, 0.29) is 6.04 Å². The van der Waals surface area contributed by atoms with E-state index in [1.54, 1.807) is 0 Å². The van der Waals surface area contributed by atoms with Gasteiger partial charge >= 0.3 is 0 Å². The summed E-state index contributed by atoms with van der Waals surface area (Å²) in [7, 11) is 0. The molecule has 0 bridgehead atoms. The van der Waals surface area contributed by atoms with E-state index in [0.717, 1.165) is 66.5 Å². The predicted molar refractivity (Wildman–Crippen MR) is 197 cm³/mol. The third-order valence-electron chi connectivity index (χ3n) is 9.69. The number of hydrogen-bond acceptors (Lipinski definition) is 3. The maximum absolute atomic E-state index is 6.15. The largest absolute Gasteiger partial charge is 0.456 e. The normalized spacial score (nSPS) is 14.3. The van der Waals surface area contributed by atoms with Gasteiger partial charge in [0.25, 0.3) is 0 Å². The Balaban J connectivity index is 1.01. The molecule has 9 aromatic rings. The van der Waals surface area contributed by atoms with Gasteiger partial charge in [0.15, 0.2) is 0 Å². The highest BCUT2D eigenvalue weighted by atomic mass is 16.3. The van der Waals surface area contributed by atoms with Gasteiger partial charge < -0.3 is 9.73 Å². The highest BCUT2D eigenvalue weighted by molar-refractivity contribution is 6.10. The molecule has 1 unspecified atom stereocenters. The van der Waals surface area contributed by atoms with Crippen LogP contribution in [0, 0.1) is 0 Å². The summed E-state index contributed by atoms with van der Waals surface area (Å²) in [5, 5.41) is 12.4. The van der Waals surface area contributed by atoms with Gasteiger partial charge in [-0.15, -0.1) is 0 Å². The molecule has 1 atom stereocenters. The van der Waals surface area contributed by atoms with Crippen LogP contribution in [0.15, 0.2) is 156 Å². The summed E-state index contributed by atoms with van der Waals surface area (Å²) in [5.74, 6) is 0. The Morgan fingerprint density at radius 2 is 1.21 bits per heavy atom. The van der Waals surface area contributed by atoms with E-state index in [1.807, 2.05) is 12.1 Å². The second-order valence-corrected chi connectivity index (χ2v) is 12.4. The van der Waals surface area contributed by atoms with Crippen LogP contribution >= 0.6 is 0 Å². The number of pyridine rings is 1. The molecule has 1 aliphatic rings. The lowest BCUT2D eigenvalue weighted by Crippen LogP contribution is -2.13. The molecule has 3 heteroatoms. The number of rotatable bonds is 3. The first-order valence-corrected chi connectivity index (χ1v) is 16.1. The van der Waals surface area contributed by atoms with Crippen LogP contribution in [-0.2, 0) is 0 Å². The average Bonchev–Trinajstić information content (AvgIpc) is 3.52. The SMILES string of the molecule is C1=CC(c2cc3ccccc3c3ccccc23)Nc2c1ccc1ccc(-c3ccc(-c4ccc5c(c4)oc4ccccc45)cc3)nc21. The standard InChI is InChI=1S/C44H28N2O/c1-2-8-33-32(7-1)25-38(35-10-4-3-9-34(33)35)40-24-21-30-18-17-29-20-23-39(45-43(29)44(30)46-40)28-15-13-27(14-16-28)31-19-22-37-36-11-5-6-12-41(36)47-42(37)26-31/h1-26,40,46H. The maximum atomic E-state index is 6.15. The molecule has 0 amide bonds. The quantitative estimate of drug-likeness (QED) is 0.205. The molecule has 7 aromatic carbocycles. The fraction of sp³-hybridized carbons (Fsp3) is 0.0227. The monoisotopic (exact) mass is 600 g/mol. The molecule has 220 valence electrons. The van der Waals surface area contributed by atoms with Crippen LogP contribution in [0.1, 0.15) is 17.2 Å². The van der Waals surface area contributed by atoms with Gasteiger partial charge in [-0.1, -0.05) is 127 Å². The first-order valence-electron chi connectivity index (χ1n) is 16.1. The minimum atomic E-state index is 0.0245. The van der Waals surface area contributed by atoms with Crippen molar-refractivity contribution in [2.45, 2.75) is 6.04 Å². The third kappa shape index (κ3) is 4.17. The van der Waals surface area contributed by atoms with E-state index in [0.29, 0.717) is 0 Å². The van der Waals surface area contributed by atoms with Gasteiger partial charge in [-0.05, 0) is 74.1 Å². The lowest BCUT2D eigenvalue weighted by molar-refractivity contribution is 0.669. The van der Waals surface area contributed by atoms with Gasteiger partial charge in [-0.2, -0.15) is 0 Å². The number of nitrogens with one attached hydrogen (secondary N) is 1. The third-order valence-corrected chi connectivity index (χ3v) is 9.69. The summed E-state index contributed by atoms with van der Waals surface area (Å²) in [4.78, 5) is 5.26. The van der Waals surface area contributed by atoms with Gasteiger partial charge in [-0.3, -0.25) is 0 Å². The molecule has 0 saturated heterocycles. The van der Waals surface area contributed by atoms with Crippen LogP contribution in [0.3, 0.4) is 0 Å². The molecule has 0 saturated carbocycles. The number of hydrogen-bond donors (Lipinski definition) is 1. The highest BCUT2D eigenvalue weighted by Crippen LogP contribution is 2.40. The van der Waals surface area contributed by atoms with E-state index < -0.39 is 0 Å². The molecule has 10 rings (SSSR count). The second-order valence-electron chi connectivity index (χ2n) is 12.4. The van der Waals surface area contributed by atoms with Crippen LogP contribution in [0.25, 0.3) is 82.8 Å². The Kier molecular flexibility index (Phi) is 5.64. The topological polar surface area (TPSA) is 38.1 Å². The van der Waals surface area contributed by atoms with Crippen molar-refractivity contribution in [1.82, 2.24) is 4.98 Å². The first-order chi connectivity index (χ1) is 23.3. The van der Waals surface area contributed by atoms with Gasteiger partial charge in [-0.25, -0.2) is 4.98 Å². The predicted octanol–water partition coefficient (Wildman–Crippen LogP) is 12.0. The molecular weight excluding hydrogens is 572 g/mol. The van der Waals surface area contributed by atoms with Gasteiger partial charge in [0.05, 0.1) is 22.9 Å². The summed E-state index contributed by atoms with van der Waals surface area (Å²) in [6, 6.07) is 51.8. The molecule has 0 fully saturated rings. The summed E-state index contributed by atoms with van der Waals surface area (Å²) >= 11 is 0. The van der Waals surface area contributed by atoms with Crippen molar-refractivity contribution in [3.8, 4) is 22.4 Å². The van der Waals surface area contributed by atoms with Crippen LogP contribution in [-0.4, -0.2) is 4.98 Å². The number of benzene rings is 7. The van der Waals surface area contributed by atoms with Crippen molar-refractivity contribution < 1.29 is 4.42 Å². The fourth-order valence-corrected chi connectivity index (χ4v) is 7.32. The van der Waals surface area contributed by atoms with Gasteiger partial charge in [0, 0.05) is 21.7 Å². The molecule has 0 radical (unpaired) electrons. The molecule has 47 heavy (non-hydrogen) atoms. The Labute approximate surface area is 271 Å². The average molecular weight is 601 g/mol. The summed E-state index contributed by atoms with van der Waals surface area (Å²) < 4.78 is 6.15. The number of para-hydroxylation sites is 1. The zero-order valence-electron chi connectivity index (χ0n) is 25.4. The van der Waals surface area contributed by atoms with Crippen LogP contribution in [0.5, 0.6) is 0 Å². The minimum Gasteiger partial charge on any atom is -0.456 e. The zero-order valence-corrected chi connectivity index (χ0v) is 25.4. The van der Waals surface area contributed by atoms with E-state index in [9.17, 15) is 0 Å². The van der Waals surface area contributed by atoms with E-state index in [2.05, 4.69) is 151 Å². The van der Waals surface area contributed by atoms with Crippen LogP contribution in [0.2, 0.25) is 0 Å². The van der Waals surface area contributed by atoms with Crippen molar-refractivity contribution in [1.29, 1.82) is 0 Å².